The lowest BCUT2D eigenvalue weighted by molar-refractivity contribution is -0.167. The minimum absolute atomic E-state index is 0.236. The Bertz CT molecular complexity index is 797. The molecule has 8 heteroatoms. The smallest absolute Gasteiger partial charge is 0.335 e. The van der Waals surface area contributed by atoms with E-state index in [9.17, 15) is 9.59 Å². The third kappa shape index (κ3) is 3.90. The van der Waals surface area contributed by atoms with Crippen LogP contribution in [-0.2, 0) is 25.3 Å². The molecule has 0 N–H and O–H groups in total. The second kappa shape index (κ2) is 8.61. The lowest BCUT2D eigenvalue weighted by atomic mass is 9.77. The van der Waals surface area contributed by atoms with Crippen LogP contribution in [0.2, 0.25) is 13.1 Å². The number of amides is 1. The summed E-state index contributed by atoms with van der Waals surface area (Å²) in [6, 6.07) is 7.40. The maximum atomic E-state index is 13.3. The molecule has 6 nitrogen and oxygen atoms in total. The molecule has 0 saturated carbocycles. The van der Waals surface area contributed by atoms with Gasteiger partial charge in [0.15, 0.2) is 13.9 Å². The van der Waals surface area contributed by atoms with Gasteiger partial charge in [0.2, 0.25) is 0 Å². The molecule has 0 aliphatic carbocycles. The fraction of sp³-hybridized carbons (Fsp3) is 0.524. The molecule has 0 bridgehead atoms. The van der Waals surface area contributed by atoms with Crippen LogP contribution >= 0.6 is 15.9 Å². The third-order valence-corrected chi connectivity index (χ3v) is 11.3. The Kier molecular flexibility index (Phi) is 7.02. The summed E-state index contributed by atoms with van der Waals surface area (Å²) in [5, 5.41) is 0. The number of nitrogens with zero attached hydrogens (tertiary/aromatic N) is 1. The molecule has 29 heavy (non-hydrogen) atoms. The number of esters is 1. The molecule has 160 valence electrons. The summed E-state index contributed by atoms with van der Waals surface area (Å²) >= 11 is 3.51. The first kappa shape index (κ1) is 23.6. The van der Waals surface area contributed by atoms with Gasteiger partial charge in [-0.3, -0.25) is 4.79 Å². The predicted molar refractivity (Wildman–Crippen MR) is 118 cm³/mol. The molecule has 1 heterocycles. The van der Waals surface area contributed by atoms with Crippen molar-refractivity contribution in [1.29, 1.82) is 0 Å². The number of ether oxygens (including phenoxy) is 2. The van der Waals surface area contributed by atoms with E-state index in [1.165, 1.54) is 7.11 Å². The fourth-order valence-corrected chi connectivity index (χ4v) is 5.84. The zero-order chi connectivity index (χ0) is 22.0. The second-order valence-corrected chi connectivity index (χ2v) is 13.6. The quantitative estimate of drug-likeness (QED) is 0.243. The standard InChI is InChI=1S/C21H30BrNO5Si/c1-8-21(19(25)27-5)20(3,28-29(6,7)14-22)15(2)18(24)23(21)13-16-9-11-17(26-4)12-10-16/h9-12H,2,8,13-14H2,1,3-7H3/t20-,21-/m0/s1. The van der Waals surface area contributed by atoms with Gasteiger partial charge in [-0.25, -0.2) is 4.79 Å². The van der Waals surface area contributed by atoms with Crippen LogP contribution in [0.3, 0.4) is 0 Å². The first-order valence-corrected chi connectivity index (χ1v) is 13.8. The average Bonchev–Trinajstić information content (AvgIpc) is 2.86. The monoisotopic (exact) mass is 483 g/mol. The molecule has 1 aromatic rings. The highest BCUT2D eigenvalue weighted by Crippen LogP contribution is 2.49. The van der Waals surface area contributed by atoms with Crippen LogP contribution in [0.5, 0.6) is 5.75 Å². The summed E-state index contributed by atoms with van der Waals surface area (Å²) in [4.78, 5) is 28.8. The number of hydrogen-bond acceptors (Lipinski definition) is 5. The fourth-order valence-electron chi connectivity index (χ4n) is 4.04. The molecule has 0 aromatic heterocycles. The molecule has 1 aromatic carbocycles. The number of rotatable bonds is 8. The average molecular weight is 484 g/mol. The van der Waals surface area contributed by atoms with Crippen LogP contribution in [0.4, 0.5) is 0 Å². The van der Waals surface area contributed by atoms with E-state index in [0.29, 0.717) is 11.4 Å². The van der Waals surface area contributed by atoms with E-state index in [1.807, 2.05) is 44.3 Å². The Morgan fingerprint density at radius 1 is 1.24 bits per heavy atom. The highest BCUT2D eigenvalue weighted by atomic mass is 79.9. The van der Waals surface area contributed by atoms with Gasteiger partial charge in [-0.15, -0.1) is 0 Å². The Balaban J connectivity index is 2.60. The molecule has 0 unspecified atom stereocenters. The van der Waals surface area contributed by atoms with Crippen LogP contribution in [0.25, 0.3) is 0 Å². The first-order valence-electron chi connectivity index (χ1n) is 9.51. The summed E-state index contributed by atoms with van der Waals surface area (Å²) in [5.74, 6) is -0.0730. The summed E-state index contributed by atoms with van der Waals surface area (Å²) in [6.45, 7) is 12.0. The van der Waals surface area contributed by atoms with Crippen molar-refractivity contribution in [2.45, 2.75) is 51.0 Å². The molecule has 1 saturated heterocycles. The van der Waals surface area contributed by atoms with Crippen molar-refractivity contribution in [3.05, 3.63) is 42.0 Å². The molecule has 2 atom stereocenters. The minimum Gasteiger partial charge on any atom is -0.497 e. The van der Waals surface area contributed by atoms with Crippen LogP contribution in [-0.4, -0.2) is 55.4 Å². The molecule has 1 fully saturated rings. The van der Waals surface area contributed by atoms with Crippen LogP contribution in [0, 0.1) is 0 Å². The number of methoxy groups -OCH3 is 2. The summed E-state index contributed by atoms with van der Waals surface area (Å²) in [5.41, 5.74) is -1.35. The molecule has 1 aliphatic heterocycles. The summed E-state index contributed by atoms with van der Waals surface area (Å²) in [6.07, 6.45) is 0.337. The van der Waals surface area contributed by atoms with Crippen molar-refractivity contribution in [3.8, 4) is 5.75 Å². The Morgan fingerprint density at radius 3 is 2.28 bits per heavy atom. The summed E-state index contributed by atoms with van der Waals surface area (Å²) < 4.78 is 17.0. The van der Waals surface area contributed by atoms with E-state index in [0.717, 1.165) is 11.3 Å². The van der Waals surface area contributed by atoms with Gasteiger partial charge in [0, 0.05) is 17.1 Å². The van der Waals surface area contributed by atoms with Gasteiger partial charge in [0.25, 0.3) is 5.91 Å². The number of alkyl halides is 1. The van der Waals surface area contributed by atoms with Gasteiger partial charge < -0.3 is 18.8 Å². The Labute approximate surface area is 182 Å². The van der Waals surface area contributed by atoms with E-state index < -0.39 is 25.4 Å². The topological polar surface area (TPSA) is 65.1 Å². The molecule has 2 rings (SSSR count). The lowest BCUT2D eigenvalue weighted by Crippen LogP contribution is -2.65. The van der Waals surface area contributed by atoms with Crippen molar-refractivity contribution in [2.24, 2.45) is 0 Å². The number of hydrogen-bond donors (Lipinski definition) is 0. The van der Waals surface area contributed by atoms with E-state index in [1.54, 1.807) is 18.9 Å². The van der Waals surface area contributed by atoms with Crippen LogP contribution in [0.1, 0.15) is 25.8 Å². The second-order valence-electron chi connectivity index (χ2n) is 7.95. The van der Waals surface area contributed by atoms with Crippen molar-refractivity contribution in [1.82, 2.24) is 4.90 Å². The highest BCUT2D eigenvalue weighted by Gasteiger charge is 2.68. The Morgan fingerprint density at radius 2 is 1.83 bits per heavy atom. The van der Waals surface area contributed by atoms with E-state index >= 15 is 0 Å². The third-order valence-electron chi connectivity index (χ3n) is 5.67. The molecule has 0 radical (unpaired) electrons. The van der Waals surface area contributed by atoms with Crippen molar-refractivity contribution < 1.29 is 23.5 Å². The van der Waals surface area contributed by atoms with Gasteiger partial charge in [-0.2, -0.15) is 0 Å². The maximum Gasteiger partial charge on any atom is 0.335 e. The number of carbonyl (C=O) groups is 2. The zero-order valence-electron chi connectivity index (χ0n) is 18.0. The molecule has 0 spiro atoms. The zero-order valence-corrected chi connectivity index (χ0v) is 20.6. The van der Waals surface area contributed by atoms with E-state index in [-0.39, 0.29) is 18.0 Å². The molecule has 1 amide bonds. The minimum atomic E-state index is -2.23. The van der Waals surface area contributed by atoms with Gasteiger partial charge in [-0.05, 0) is 44.1 Å². The number of benzene rings is 1. The van der Waals surface area contributed by atoms with Crippen molar-refractivity contribution in [3.63, 3.8) is 0 Å². The maximum absolute atomic E-state index is 13.3. The number of likely N-dealkylation sites (tertiary alicyclic amines) is 1. The van der Waals surface area contributed by atoms with E-state index in [4.69, 9.17) is 13.9 Å². The van der Waals surface area contributed by atoms with Gasteiger partial charge in [0.05, 0.1) is 14.2 Å². The highest BCUT2D eigenvalue weighted by molar-refractivity contribution is 9.09. The number of halogens is 1. The van der Waals surface area contributed by atoms with Crippen molar-refractivity contribution in [2.75, 3.05) is 19.2 Å². The van der Waals surface area contributed by atoms with Crippen LogP contribution < -0.4 is 4.74 Å². The first-order chi connectivity index (χ1) is 13.5. The van der Waals surface area contributed by atoms with Gasteiger partial charge in [0.1, 0.15) is 11.4 Å². The SMILES string of the molecule is C=C1C(=O)N(Cc2ccc(OC)cc2)[C@@](CC)(C(=O)OC)[C@@]1(C)O[Si](C)(C)CBr. The lowest BCUT2D eigenvalue weighted by Gasteiger charge is -2.47. The predicted octanol–water partition coefficient (Wildman–Crippen LogP) is 3.83. The Hall–Kier alpha value is -1.64. The van der Waals surface area contributed by atoms with E-state index in [2.05, 4.69) is 22.5 Å². The number of carbonyl (C=O) groups excluding carboxylic acids is 2. The molecular weight excluding hydrogens is 454 g/mol. The van der Waals surface area contributed by atoms with Gasteiger partial charge >= 0.3 is 5.97 Å². The molecular formula is C21H30BrNO5Si. The normalized spacial score (nSPS) is 24.7. The van der Waals surface area contributed by atoms with Crippen molar-refractivity contribution >= 4 is 36.1 Å². The molecule has 1 aliphatic rings. The summed E-state index contributed by atoms with van der Waals surface area (Å²) in [7, 11) is 0.704. The van der Waals surface area contributed by atoms with Crippen LogP contribution in [0.15, 0.2) is 36.4 Å². The van der Waals surface area contributed by atoms with Gasteiger partial charge in [-0.1, -0.05) is 41.6 Å². The largest absolute Gasteiger partial charge is 0.497 e.